The van der Waals surface area contributed by atoms with E-state index in [1.54, 1.807) is 27.5 Å². The maximum absolute atomic E-state index is 11.0. The summed E-state index contributed by atoms with van der Waals surface area (Å²) < 4.78 is 28.9. The van der Waals surface area contributed by atoms with Gasteiger partial charge in [0.25, 0.3) is 0 Å². The van der Waals surface area contributed by atoms with Gasteiger partial charge in [-0.15, -0.1) is 0 Å². The van der Waals surface area contributed by atoms with Gasteiger partial charge in [0.2, 0.25) is 0 Å². The Morgan fingerprint density at radius 2 is 0.907 bits per heavy atom. The second-order valence-electron chi connectivity index (χ2n) is 12.4. The van der Waals surface area contributed by atoms with Crippen LogP contribution >= 0.6 is 11.8 Å². The molecular formula is C39H23ClCuN9NaO2S. The number of hydrogen-bond acceptors (Lipinski definition) is 8. The van der Waals surface area contributed by atoms with Crippen molar-refractivity contribution < 1.29 is 53.4 Å². The summed E-state index contributed by atoms with van der Waals surface area (Å²) >= 11 is 6.52. The van der Waals surface area contributed by atoms with Gasteiger partial charge in [0.1, 0.15) is 10.0 Å². The molecule has 11 rings (SSSR count). The minimum atomic E-state index is -3.62. The molecule has 0 amide bonds. The number of sulfonamides is 1. The first kappa shape index (κ1) is 34.9. The van der Waals surface area contributed by atoms with Gasteiger partial charge in [0, 0.05) is 4.90 Å². The fraction of sp³-hybridized carbons (Fsp3) is 0.0256. The molecule has 54 heavy (non-hydrogen) atoms. The molecule has 0 spiro atoms. The number of nitrogens with zero attached hydrogens (tertiary/aromatic N) is 9. The molecule has 6 heterocycles. The third-order valence-corrected chi connectivity index (χ3v) is 11.9. The number of fused-ring (bicyclic) bond motifs is 14. The maximum atomic E-state index is 11.0. The van der Waals surface area contributed by atoms with Gasteiger partial charge >= 0.3 is 269 Å². The number of benzene rings is 5. The zero-order valence-corrected chi connectivity index (χ0v) is 33.0. The monoisotopic (exact) mass is 802 g/mol. The van der Waals surface area contributed by atoms with E-state index in [2.05, 4.69) is 59.9 Å². The summed E-state index contributed by atoms with van der Waals surface area (Å²) in [5.41, 5.74) is 6.32. The van der Waals surface area contributed by atoms with Gasteiger partial charge in [-0.1, -0.05) is 17.7 Å². The molecule has 6 bridgehead atoms. The molecule has 0 saturated carbocycles. The summed E-state index contributed by atoms with van der Waals surface area (Å²) in [5.74, 6) is 4.04. The molecule has 7 aromatic rings. The molecule has 5 aromatic carbocycles. The van der Waals surface area contributed by atoms with Crippen LogP contribution < -0.4 is 40.5 Å². The Bertz CT molecular complexity index is 2950. The van der Waals surface area contributed by atoms with Crippen LogP contribution in [0.4, 0.5) is 11.6 Å². The van der Waals surface area contributed by atoms with Crippen molar-refractivity contribution in [3.63, 3.8) is 0 Å². The molecule has 15 heteroatoms. The van der Waals surface area contributed by atoms with Gasteiger partial charge in [-0.05, 0) is 19.1 Å². The number of halogens is 1. The fourth-order valence-electron chi connectivity index (χ4n) is 6.59. The van der Waals surface area contributed by atoms with Crippen LogP contribution in [-0.4, -0.2) is 38.9 Å². The summed E-state index contributed by atoms with van der Waals surface area (Å²) in [6.45, 7) is 1.87. The molecule has 2 aromatic heterocycles. The molecular weight excluding hydrogens is 781 g/mol. The molecule has 0 radical (unpaired) electrons. The van der Waals surface area contributed by atoms with E-state index in [-0.39, 0.29) is 34.5 Å². The van der Waals surface area contributed by atoms with Crippen LogP contribution in [0.2, 0.25) is 0 Å². The van der Waals surface area contributed by atoms with Crippen molar-refractivity contribution in [2.45, 2.75) is 11.8 Å². The third kappa shape index (κ3) is 5.59. The van der Waals surface area contributed by atoms with Crippen molar-refractivity contribution in [3.8, 4) is 0 Å². The minimum absolute atomic E-state index is 0. The number of amidine groups is 4. The Kier molecular flexibility index (Phi) is 8.72. The Balaban J connectivity index is 0.000000256. The van der Waals surface area contributed by atoms with E-state index < -0.39 is 10.0 Å². The molecule has 0 aliphatic carbocycles. The molecule has 4 aliphatic heterocycles. The van der Waals surface area contributed by atoms with E-state index in [1.165, 1.54) is 12.1 Å². The molecule has 0 saturated heterocycles. The molecule has 0 fully saturated rings. The third-order valence-electron chi connectivity index (χ3n) is 9.12. The van der Waals surface area contributed by atoms with Gasteiger partial charge in [-0.25, -0.2) is 8.42 Å². The van der Waals surface area contributed by atoms with Crippen molar-refractivity contribution in [2.24, 2.45) is 30.0 Å². The number of aryl methyl sites for hydroxylation is 1. The van der Waals surface area contributed by atoms with Gasteiger partial charge in [-0.2, -0.15) is 0 Å². The van der Waals surface area contributed by atoms with Crippen molar-refractivity contribution in [1.29, 1.82) is 0 Å². The van der Waals surface area contributed by atoms with Gasteiger partial charge < -0.3 is 4.24 Å². The quantitative estimate of drug-likeness (QED) is 0.244. The van der Waals surface area contributed by atoms with Crippen molar-refractivity contribution >= 4 is 78.3 Å². The molecule has 0 atom stereocenters. The van der Waals surface area contributed by atoms with Crippen LogP contribution in [0.1, 0.15) is 27.8 Å². The summed E-state index contributed by atoms with van der Waals surface area (Å²) in [5, 5.41) is 3.92. The Morgan fingerprint density at radius 1 is 0.519 bits per heavy atom. The van der Waals surface area contributed by atoms with Crippen LogP contribution in [0.5, 0.6) is 0 Å². The number of aromatic nitrogens is 2. The predicted octanol–water partition coefficient (Wildman–Crippen LogP) is 4.06. The second kappa shape index (κ2) is 13.5. The fourth-order valence-corrected chi connectivity index (χ4v) is 8.57. The van der Waals surface area contributed by atoms with Crippen LogP contribution in [0, 0.1) is 6.92 Å². The van der Waals surface area contributed by atoms with Crippen LogP contribution in [0.3, 0.4) is 0 Å². The molecule has 0 N–H and O–H groups in total. The molecule has 261 valence electrons. The van der Waals surface area contributed by atoms with Crippen molar-refractivity contribution in [1.82, 2.24) is 7.17 Å². The zero-order valence-electron chi connectivity index (χ0n) is 28.5. The van der Waals surface area contributed by atoms with Gasteiger partial charge in [-0.3, -0.25) is 11.8 Å². The van der Waals surface area contributed by atoms with E-state index in [4.69, 9.17) is 41.7 Å². The summed E-state index contributed by atoms with van der Waals surface area (Å²) in [7, 11) is -3.62. The van der Waals surface area contributed by atoms with Crippen LogP contribution in [-0.2, 0) is 25.4 Å². The van der Waals surface area contributed by atoms with Crippen LogP contribution in [0.25, 0.3) is 25.8 Å². The van der Waals surface area contributed by atoms with E-state index in [1.807, 2.05) is 55.5 Å². The summed E-state index contributed by atoms with van der Waals surface area (Å²) in [4.78, 5) is 30.9. The predicted molar refractivity (Wildman–Crippen MR) is 203 cm³/mol. The summed E-state index contributed by atoms with van der Waals surface area (Å²) in [6.07, 6.45) is 0. The number of rotatable bonds is 2. The van der Waals surface area contributed by atoms with Crippen LogP contribution in [0.15, 0.2) is 156 Å². The topological polar surface area (TPSA) is 132 Å². The Morgan fingerprint density at radius 3 is 1.33 bits per heavy atom. The second-order valence-corrected chi connectivity index (χ2v) is 15.4. The molecule has 0 unspecified atom stereocenters. The van der Waals surface area contributed by atoms with E-state index in [0.717, 1.165) is 72.0 Å². The Labute approximate surface area is 342 Å². The van der Waals surface area contributed by atoms with Gasteiger partial charge in [0.05, 0.1) is 0 Å². The normalized spacial score (nSPS) is 17.8. The van der Waals surface area contributed by atoms with E-state index in [0.29, 0.717) is 23.3 Å². The average Bonchev–Trinajstić information content (AvgIpc) is 3.89. The first-order valence-corrected chi connectivity index (χ1v) is 19.0. The zero-order chi connectivity index (χ0) is 35.8. The van der Waals surface area contributed by atoms with E-state index >= 15 is 0 Å². The molecule has 11 nitrogen and oxygen atoms in total. The van der Waals surface area contributed by atoms with Crippen molar-refractivity contribution in [2.75, 3.05) is 0 Å². The number of hydrogen-bond donors (Lipinski definition) is 0. The Hall–Kier alpha value is -4.82. The van der Waals surface area contributed by atoms with E-state index in [9.17, 15) is 8.42 Å². The molecule has 4 aliphatic rings. The average molecular weight is 804 g/mol. The first-order chi connectivity index (χ1) is 25.9. The standard InChI is InChI=1S/C32H16N8.C7H7ClNO2S.Cu.Na/c1-2-10-18-17(9-1)25-33-26(18)38-28-21-13-5-6-14-22(21)30(35-28)40-32-24-16-8-7-15-23(24)31(36-32)39-29-20-12-4-3-11-19(20)27(34-29)37-25;1-6-2-4-7(5-3-6)12(10,11)9-8;;/h1-16H;2-5H,1H3;;/q-2;-1;+2;+1. The SMILES string of the molecule is Cc1ccc(S(=O)(=O)[N-]Cl)cc1.[Na+].c1ccc2c(c1)C1=NC/2=N\c2c3ccccc3c3[n]2[Cu][n]2/c(c4ccccc4/c2=N/C2=N\C(=N/3)c3ccccc32)=N\1. The summed E-state index contributed by atoms with van der Waals surface area (Å²) in [6, 6.07) is 39.1. The number of aliphatic imine (C=N–C) groups is 4. The first-order valence-electron chi connectivity index (χ1n) is 16.4. The van der Waals surface area contributed by atoms with Crippen molar-refractivity contribution in [3.05, 3.63) is 164 Å². The van der Waals surface area contributed by atoms with Gasteiger partial charge in [0.15, 0.2) is 0 Å².